The molecule has 1 saturated carbocycles. The average molecular weight is 252 g/mol. The summed E-state index contributed by atoms with van der Waals surface area (Å²) in [5.74, 6) is 2.67. The molecule has 4 heteroatoms. The van der Waals surface area contributed by atoms with Crippen molar-refractivity contribution in [2.45, 2.75) is 45.1 Å². The molecule has 3 rings (SSSR count). The first kappa shape index (κ1) is 11.3. The molecule has 92 valence electrons. The average Bonchev–Trinajstić information content (AvgIpc) is 2.75. The zero-order chi connectivity index (χ0) is 11.8. The van der Waals surface area contributed by atoms with Gasteiger partial charge in [-0.1, -0.05) is 18.0 Å². The molecule has 2 atom stereocenters. The van der Waals surface area contributed by atoms with E-state index in [0.29, 0.717) is 11.2 Å². The van der Waals surface area contributed by atoms with Crippen molar-refractivity contribution in [1.29, 1.82) is 0 Å². The number of fused-ring (bicyclic) bond motifs is 1. The maximum Gasteiger partial charge on any atom is 0.134 e. The summed E-state index contributed by atoms with van der Waals surface area (Å²) in [4.78, 5) is 11.2. The first-order valence-corrected chi connectivity index (χ1v) is 6.89. The molecule has 1 aliphatic heterocycles. The summed E-state index contributed by atoms with van der Waals surface area (Å²) in [6.07, 6.45) is 6.73. The fourth-order valence-electron chi connectivity index (χ4n) is 3.40. The normalized spacial score (nSPS) is 28.2. The zero-order valence-electron chi connectivity index (χ0n) is 10.2. The second-order valence-electron chi connectivity index (χ2n) is 5.19. The lowest BCUT2D eigenvalue weighted by atomic mass is 9.92. The SMILES string of the molecule is Cc1nc(Cl)cc(N2CCCC3CCCC32)n1. The number of aryl methyl sites for hydroxylation is 1. The second kappa shape index (κ2) is 4.45. The van der Waals surface area contributed by atoms with E-state index in [2.05, 4.69) is 14.9 Å². The Bertz CT molecular complexity index is 401. The standard InChI is InChI=1S/C13H18ClN3/c1-9-15-12(14)8-13(16-9)17-7-3-5-10-4-2-6-11(10)17/h8,10-11H,2-7H2,1H3. The predicted octanol–water partition coefficient (Wildman–Crippen LogP) is 3.21. The maximum atomic E-state index is 6.03. The molecule has 2 fully saturated rings. The van der Waals surface area contributed by atoms with E-state index in [4.69, 9.17) is 11.6 Å². The van der Waals surface area contributed by atoms with Crippen molar-refractivity contribution in [2.75, 3.05) is 11.4 Å². The summed E-state index contributed by atoms with van der Waals surface area (Å²) < 4.78 is 0. The topological polar surface area (TPSA) is 29.0 Å². The summed E-state index contributed by atoms with van der Waals surface area (Å²) in [6.45, 7) is 3.03. The highest BCUT2D eigenvalue weighted by Gasteiger charge is 2.35. The third kappa shape index (κ3) is 2.13. The monoisotopic (exact) mass is 251 g/mol. The number of anilines is 1. The summed E-state index contributed by atoms with van der Waals surface area (Å²) in [6, 6.07) is 2.60. The molecule has 1 aromatic heterocycles. The van der Waals surface area contributed by atoms with E-state index in [1.807, 2.05) is 13.0 Å². The third-order valence-electron chi connectivity index (χ3n) is 4.08. The van der Waals surface area contributed by atoms with Crippen LogP contribution in [0, 0.1) is 12.8 Å². The summed E-state index contributed by atoms with van der Waals surface area (Å²) >= 11 is 6.03. The van der Waals surface area contributed by atoms with E-state index in [-0.39, 0.29) is 0 Å². The Kier molecular flexibility index (Phi) is 2.95. The second-order valence-corrected chi connectivity index (χ2v) is 5.58. The van der Waals surface area contributed by atoms with E-state index < -0.39 is 0 Å². The number of hydrogen-bond acceptors (Lipinski definition) is 3. The van der Waals surface area contributed by atoms with Gasteiger partial charge in [0.15, 0.2) is 0 Å². The van der Waals surface area contributed by atoms with Gasteiger partial charge in [-0.2, -0.15) is 0 Å². The Morgan fingerprint density at radius 3 is 2.88 bits per heavy atom. The quantitative estimate of drug-likeness (QED) is 0.718. The molecule has 1 aliphatic carbocycles. The Labute approximate surface area is 107 Å². The highest BCUT2D eigenvalue weighted by Crippen LogP contribution is 2.38. The van der Waals surface area contributed by atoms with Gasteiger partial charge in [0.2, 0.25) is 0 Å². The molecule has 2 unspecified atom stereocenters. The van der Waals surface area contributed by atoms with E-state index in [0.717, 1.165) is 24.1 Å². The van der Waals surface area contributed by atoms with Crippen molar-refractivity contribution in [2.24, 2.45) is 5.92 Å². The lowest BCUT2D eigenvalue weighted by Crippen LogP contribution is -2.43. The summed E-state index contributed by atoms with van der Waals surface area (Å²) in [5.41, 5.74) is 0. The molecule has 2 aliphatic rings. The van der Waals surface area contributed by atoms with Crippen LogP contribution < -0.4 is 4.90 Å². The highest BCUT2D eigenvalue weighted by molar-refractivity contribution is 6.29. The van der Waals surface area contributed by atoms with Gasteiger partial charge in [0.05, 0.1) is 0 Å². The van der Waals surface area contributed by atoms with Crippen molar-refractivity contribution in [1.82, 2.24) is 9.97 Å². The van der Waals surface area contributed by atoms with Gasteiger partial charge >= 0.3 is 0 Å². The smallest absolute Gasteiger partial charge is 0.134 e. The van der Waals surface area contributed by atoms with Crippen molar-refractivity contribution in [3.05, 3.63) is 17.0 Å². The summed E-state index contributed by atoms with van der Waals surface area (Å²) in [5, 5.41) is 0.563. The number of piperidine rings is 1. The molecule has 0 amide bonds. The fourth-order valence-corrected chi connectivity index (χ4v) is 3.62. The van der Waals surface area contributed by atoms with Gasteiger partial charge in [0.25, 0.3) is 0 Å². The molecule has 0 aromatic carbocycles. The van der Waals surface area contributed by atoms with Crippen LogP contribution in [-0.2, 0) is 0 Å². The van der Waals surface area contributed by atoms with Gasteiger partial charge in [-0.05, 0) is 38.5 Å². The molecule has 3 nitrogen and oxygen atoms in total. The lowest BCUT2D eigenvalue weighted by molar-refractivity contribution is 0.360. The Morgan fingerprint density at radius 2 is 2.06 bits per heavy atom. The highest BCUT2D eigenvalue weighted by atomic mass is 35.5. The van der Waals surface area contributed by atoms with Gasteiger partial charge in [0.1, 0.15) is 16.8 Å². The van der Waals surface area contributed by atoms with Crippen LogP contribution in [0.1, 0.15) is 37.9 Å². The van der Waals surface area contributed by atoms with E-state index in [1.165, 1.54) is 32.1 Å². The molecule has 0 spiro atoms. The van der Waals surface area contributed by atoms with E-state index in [9.17, 15) is 0 Å². The Morgan fingerprint density at radius 1 is 1.24 bits per heavy atom. The largest absolute Gasteiger partial charge is 0.353 e. The first-order valence-electron chi connectivity index (χ1n) is 6.52. The van der Waals surface area contributed by atoms with Crippen molar-refractivity contribution < 1.29 is 0 Å². The van der Waals surface area contributed by atoms with Crippen LogP contribution in [0.15, 0.2) is 6.07 Å². The Hall–Kier alpha value is -0.830. The van der Waals surface area contributed by atoms with Crippen LogP contribution in [-0.4, -0.2) is 22.6 Å². The lowest BCUT2D eigenvalue weighted by Gasteiger charge is -2.38. The van der Waals surface area contributed by atoms with Crippen LogP contribution in [0.4, 0.5) is 5.82 Å². The fraction of sp³-hybridized carbons (Fsp3) is 0.692. The number of aromatic nitrogens is 2. The number of rotatable bonds is 1. The Balaban J connectivity index is 1.91. The minimum Gasteiger partial charge on any atom is -0.353 e. The molecule has 0 radical (unpaired) electrons. The predicted molar refractivity (Wildman–Crippen MR) is 69.5 cm³/mol. The number of nitrogens with zero attached hydrogens (tertiary/aromatic N) is 3. The zero-order valence-corrected chi connectivity index (χ0v) is 11.0. The molecule has 0 N–H and O–H groups in total. The van der Waals surface area contributed by atoms with Crippen molar-refractivity contribution in [3.8, 4) is 0 Å². The van der Waals surface area contributed by atoms with E-state index >= 15 is 0 Å². The molecule has 17 heavy (non-hydrogen) atoms. The maximum absolute atomic E-state index is 6.03. The van der Waals surface area contributed by atoms with Crippen LogP contribution >= 0.6 is 11.6 Å². The molecule has 1 saturated heterocycles. The van der Waals surface area contributed by atoms with Crippen molar-refractivity contribution in [3.63, 3.8) is 0 Å². The van der Waals surface area contributed by atoms with Gasteiger partial charge < -0.3 is 4.90 Å². The van der Waals surface area contributed by atoms with Gasteiger partial charge in [-0.15, -0.1) is 0 Å². The molecule has 2 heterocycles. The van der Waals surface area contributed by atoms with Crippen LogP contribution in [0.3, 0.4) is 0 Å². The van der Waals surface area contributed by atoms with Gasteiger partial charge in [-0.3, -0.25) is 0 Å². The minimum atomic E-state index is 0.563. The number of hydrogen-bond donors (Lipinski definition) is 0. The van der Waals surface area contributed by atoms with Crippen molar-refractivity contribution >= 4 is 17.4 Å². The van der Waals surface area contributed by atoms with E-state index in [1.54, 1.807) is 0 Å². The molecule has 0 bridgehead atoms. The van der Waals surface area contributed by atoms with Crippen LogP contribution in [0.2, 0.25) is 5.15 Å². The van der Waals surface area contributed by atoms with Gasteiger partial charge in [-0.25, -0.2) is 9.97 Å². The van der Waals surface area contributed by atoms with Gasteiger partial charge in [0, 0.05) is 18.7 Å². The van der Waals surface area contributed by atoms with Crippen LogP contribution in [0.5, 0.6) is 0 Å². The third-order valence-corrected chi connectivity index (χ3v) is 4.27. The summed E-state index contributed by atoms with van der Waals surface area (Å²) in [7, 11) is 0. The first-order chi connectivity index (χ1) is 8.24. The molecular formula is C13H18ClN3. The molecule has 1 aromatic rings. The minimum absolute atomic E-state index is 0.563. The number of halogens is 1. The molecular weight excluding hydrogens is 234 g/mol. The van der Waals surface area contributed by atoms with Crippen LogP contribution in [0.25, 0.3) is 0 Å².